The lowest BCUT2D eigenvalue weighted by Crippen LogP contribution is -2.53. The predicted octanol–water partition coefficient (Wildman–Crippen LogP) is 1.89. The van der Waals surface area contributed by atoms with Gasteiger partial charge in [0.15, 0.2) is 0 Å². The second-order valence-corrected chi connectivity index (χ2v) is 6.62. The SMILES string of the molecule is COC[C@@H]1CN(Cc2ccc(-n3ccnc3)nc2)CC(C)(C)O1. The third-order valence-electron chi connectivity index (χ3n) is 3.89. The Bertz CT molecular complexity index is 610. The van der Waals surface area contributed by atoms with E-state index in [1.165, 1.54) is 5.56 Å². The lowest BCUT2D eigenvalue weighted by atomic mass is 10.0. The van der Waals surface area contributed by atoms with Crippen molar-refractivity contribution < 1.29 is 9.47 Å². The number of imidazole rings is 1. The highest BCUT2D eigenvalue weighted by atomic mass is 16.5. The van der Waals surface area contributed by atoms with E-state index >= 15 is 0 Å². The molecule has 0 bridgehead atoms. The Balaban J connectivity index is 1.66. The lowest BCUT2D eigenvalue weighted by Gasteiger charge is -2.42. The summed E-state index contributed by atoms with van der Waals surface area (Å²) in [6.07, 6.45) is 7.44. The highest BCUT2D eigenvalue weighted by molar-refractivity contribution is 5.25. The molecule has 0 N–H and O–H groups in total. The quantitative estimate of drug-likeness (QED) is 0.843. The molecule has 1 atom stereocenters. The molecule has 1 fully saturated rings. The van der Waals surface area contributed by atoms with E-state index in [-0.39, 0.29) is 11.7 Å². The number of rotatable bonds is 5. The molecule has 124 valence electrons. The van der Waals surface area contributed by atoms with Crippen LogP contribution in [0.1, 0.15) is 19.4 Å². The van der Waals surface area contributed by atoms with Gasteiger partial charge >= 0.3 is 0 Å². The normalized spacial score (nSPS) is 21.4. The molecule has 23 heavy (non-hydrogen) atoms. The molecule has 2 aromatic heterocycles. The molecule has 1 saturated heterocycles. The Kier molecular flexibility index (Phi) is 4.75. The Morgan fingerprint density at radius 1 is 1.39 bits per heavy atom. The van der Waals surface area contributed by atoms with Crippen LogP contribution in [0.15, 0.2) is 37.1 Å². The van der Waals surface area contributed by atoms with E-state index in [1.807, 2.05) is 23.0 Å². The molecule has 0 aliphatic carbocycles. The van der Waals surface area contributed by atoms with Gasteiger partial charge in [-0.25, -0.2) is 9.97 Å². The first-order valence-corrected chi connectivity index (χ1v) is 7.88. The van der Waals surface area contributed by atoms with Crippen LogP contribution in [0.5, 0.6) is 0 Å². The van der Waals surface area contributed by atoms with Gasteiger partial charge in [0.05, 0.1) is 18.3 Å². The number of aromatic nitrogens is 3. The predicted molar refractivity (Wildman–Crippen MR) is 87.5 cm³/mol. The van der Waals surface area contributed by atoms with Crippen molar-refractivity contribution in [2.45, 2.75) is 32.1 Å². The highest BCUT2D eigenvalue weighted by Crippen LogP contribution is 2.22. The van der Waals surface area contributed by atoms with E-state index in [4.69, 9.17) is 9.47 Å². The van der Waals surface area contributed by atoms with E-state index in [0.717, 1.165) is 25.5 Å². The van der Waals surface area contributed by atoms with Crippen molar-refractivity contribution in [3.8, 4) is 5.82 Å². The third kappa shape index (κ3) is 4.16. The molecule has 3 heterocycles. The van der Waals surface area contributed by atoms with Gasteiger partial charge in [-0.2, -0.15) is 0 Å². The summed E-state index contributed by atoms with van der Waals surface area (Å²) in [5.41, 5.74) is 1.04. The Labute approximate surface area is 137 Å². The molecule has 0 radical (unpaired) electrons. The minimum Gasteiger partial charge on any atom is -0.382 e. The van der Waals surface area contributed by atoms with Gasteiger partial charge in [-0.15, -0.1) is 0 Å². The Morgan fingerprint density at radius 2 is 2.26 bits per heavy atom. The molecule has 6 heteroatoms. The van der Waals surface area contributed by atoms with Crippen LogP contribution < -0.4 is 0 Å². The van der Waals surface area contributed by atoms with Gasteiger partial charge < -0.3 is 9.47 Å². The molecule has 0 aromatic carbocycles. The van der Waals surface area contributed by atoms with Gasteiger partial charge in [-0.05, 0) is 25.5 Å². The summed E-state index contributed by atoms with van der Waals surface area (Å²) in [4.78, 5) is 11.0. The number of hydrogen-bond donors (Lipinski definition) is 0. The molecular weight excluding hydrogens is 292 g/mol. The maximum Gasteiger partial charge on any atom is 0.137 e. The van der Waals surface area contributed by atoms with E-state index in [1.54, 1.807) is 19.6 Å². The summed E-state index contributed by atoms with van der Waals surface area (Å²) in [6, 6.07) is 4.14. The second kappa shape index (κ2) is 6.78. The second-order valence-electron chi connectivity index (χ2n) is 6.62. The molecule has 1 aliphatic heterocycles. The van der Waals surface area contributed by atoms with Crippen molar-refractivity contribution in [2.75, 3.05) is 26.8 Å². The van der Waals surface area contributed by atoms with Crippen LogP contribution >= 0.6 is 0 Å². The van der Waals surface area contributed by atoms with Crippen LogP contribution in [-0.2, 0) is 16.0 Å². The molecule has 2 aromatic rings. The van der Waals surface area contributed by atoms with Crippen molar-refractivity contribution in [2.24, 2.45) is 0 Å². The molecule has 3 rings (SSSR count). The van der Waals surface area contributed by atoms with Crippen LogP contribution in [0.2, 0.25) is 0 Å². The summed E-state index contributed by atoms with van der Waals surface area (Å²) < 4.78 is 13.2. The molecule has 0 unspecified atom stereocenters. The first-order chi connectivity index (χ1) is 11.1. The molecule has 0 saturated carbocycles. The molecule has 1 aliphatic rings. The monoisotopic (exact) mass is 316 g/mol. The van der Waals surface area contributed by atoms with Crippen molar-refractivity contribution in [3.05, 3.63) is 42.6 Å². The summed E-state index contributed by atoms with van der Waals surface area (Å²) in [7, 11) is 1.72. The van der Waals surface area contributed by atoms with E-state index in [2.05, 4.69) is 34.8 Å². The lowest BCUT2D eigenvalue weighted by molar-refractivity contribution is -0.154. The maximum absolute atomic E-state index is 6.06. The molecule has 0 amide bonds. The van der Waals surface area contributed by atoms with E-state index < -0.39 is 0 Å². The van der Waals surface area contributed by atoms with Crippen LogP contribution in [0.3, 0.4) is 0 Å². The summed E-state index contributed by atoms with van der Waals surface area (Å²) >= 11 is 0. The summed E-state index contributed by atoms with van der Waals surface area (Å²) in [6.45, 7) is 7.52. The fraction of sp³-hybridized carbons (Fsp3) is 0.529. The zero-order chi connectivity index (χ0) is 16.3. The van der Waals surface area contributed by atoms with Crippen LogP contribution in [-0.4, -0.2) is 57.9 Å². The van der Waals surface area contributed by atoms with Crippen molar-refractivity contribution in [1.82, 2.24) is 19.4 Å². The zero-order valence-electron chi connectivity index (χ0n) is 14.0. The van der Waals surface area contributed by atoms with Gasteiger partial charge in [-0.3, -0.25) is 9.47 Å². The fourth-order valence-corrected chi connectivity index (χ4v) is 3.13. The number of methoxy groups -OCH3 is 1. The van der Waals surface area contributed by atoms with Crippen molar-refractivity contribution in [3.63, 3.8) is 0 Å². The number of nitrogens with zero attached hydrogens (tertiary/aromatic N) is 4. The van der Waals surface area contributed by atoms with Crippen LogP contribution in [0, 0.1) is 0 Å². The van der Waals surface area contributed by atoms with Gasteiger partial charge in [-0.1, -0.05) is 6.07 Å². The fourth-order valence-electron chi connectivity index (χ4n) is 3.13. The minimum absolute atomic E-state index is 0.113. The van der Waals surface area contributed by atoms with Crippen LogP contribution in [0.4, 0.5) is 0 Å². The average Bonchev–Trinajstić information content (AvgIpc) is 3.01. The smallest absolute Gasteiger partial charge is 0.137 e. The van der Waals surface area contributed by atoms with Crippen LogP contribution in [0.25, 0.3) is 5.82 Å². The largest absolute Gasteiger partial charge is 0.382 e. The first kappa shape index (κ1) is 16.1. The summed E-state index contributed by atoms with van der Waals surface area (Å²) in [5, 5.41) is 0. The van der Waals surface area contributed by atoms with Crippen molar-refractivity contribution >= 4 is 0 Å². The topological polar surface area (TPSA) is 52.4 Å². The number of pyridine rings is 1. The highest BCUT2D eigenvalue weighted by Gasteiger charge is 2.33. The first-order valence-electron chi connectivity index (χ1n) is 7.88. The maximum atomic E-state index is 6.06. The molecule has 6 nitrogen and oxygen atoms in total. The van der Waals surface area contributed by atoms with Crippen molar-refractivity contribution in [1.29, 1.82) is 0 Å². The zero-order valence-corrected chi connectivity index (χ0v) is 14.0. The van der Waals surface area contributed by atoms with Gasteiger partial charge in [0.2, 0.25) is 0 Å². The minimum atomic E-state index is -0.161. The average molecular weight is 316 g/mol. The Hall–Kier alpha value is -1.76. The van der Waals surface area contributed by atoms with Gasteiger partial charge in [0.25, 0.3) is 0 Å². The molecular formula is C17H24N4O2. The summed E-state index contributed by atoms with van der Waals surface area (Å²) in [5.74, 6) is 0.880. The number of morpholine rings is 1. The third-order valence-corrected chi connectivity index (χ3v) is 3.89. The number of ether oxygens (including phenoxy) is 2. The van der Waals surface area contributed by atoms with E-state index in [9.17, 15) is 0 Å². The van der Waals surface area contributed by atoms with Gasteiger partial charge in [0, 0.05) is 45.3 Å². The molecule has 0 spiro atoms. The Morgan fingerprint density at radius 3 is 2.91 bits per heavy atom. The standard InChI is InChI=1S/C17H24N4O2/c1-17(2)12-20(10-15(23-17)11-22-3)9-14-4-5-16(19-8-14)21-7-6-18-13-21/h4-8,13,15H,9-12H2,1-3H3/t15-/m0/s1. The van der Waals surface area contributed by atoms with E-state index in [0.29, 0.717) is 6.61 Å². The van der Waals surface area contributed by atoms with Gasteiger partial charge in [0.1, 0.15) is 12.1 Å². The number of hydrogen-bond acceptors (Lipinski definition) is 5.